The summed E-state index contributed by atoms with van der Waals surface area (Å²) in [6, 6.07) is 6.75. The molecule has 1 heterocycles. The highest BCUT2D eigenvalue weighted by molar-refractivity contribution is 5.99. The molecule has 1 aliphatic rings. The molecule has 0 radical (unpaired) electrons. The molecule has 0 bridgehead atoms. The number of rotatable bonds is 3. The molecule has 2 nitrogen and oxygen atoms in total. The number of hydrogen-bond acceptors (Lipinski definition) is 2. The van der Waals surface area contributed by atoms with Crippen molar-refractivity contribution in [3.63, 3.8) is 0 Å². The fourth-order valence-electron chi connectivity index (χ4n) is 2.91. The standard InChI is InChI=1S/C16H16FNO/c1-10(2)15(19)16(7-8-16)14-11-4-3-9-18-13(11)6-5-12(14)17/h3-6,9-10H,7-8H2,1-2H3. The lowest BCUT2D eigenvalue weighted by Crippen LogP contribution is -2.26. The third-order valence-corrected chi connectivity index (χ3v) is 3.96. The Labute approximate surface area is 111 Å². The van der Waals surface area contributed by atoms with Crippen LogP contribution in [0.25, 0.3) is 10.9 Å². The van der Waals surface area contributed by atoms with Crippen LogP contribution in [0.5, 0.6) is 0 Å². The van der Waals surface area contributed by atoms with Crippen LogP contribution in [0.4, 0.5) is 4.39 Å². The number of ketones is 1. The number of fused-ring (bicyclic) bond motifs is 1. The van der Waals surface area contributed by atoms with Crippen molar-refractivity contribution in [3.8, 4) is 0 Å². The van der Waals surface area contributed by atoms with Crippen molar-refractivity contribution in [2.45, 2.75) is 32.1 Å². The highest BCUT2D eigenvalue weighted by Crippen LogP contribution is 2.53. The van der Waals surface area contributed by atoms with Crippen molar-refractivity contribution in [2.24, 2.45) is 5.92 Å². The highest BCUT2D eigenvalue weighted by Gasteiger charge is 2.53. The second kappa shape index (κ2) is 4.12. The molecular weight excluding hydrogens is 241 g/mol. The fourth-order valence-corrected chi connectivity index (χ4v) is 2.91. The van der Waals surface area contributed by atoms with Gasteiger partial charge in [0, 0.05) is 23.1 Å². The quantitative estimate of drug-likeness (QED) is 0.840. The summed E-state index contributed by atoms with van der Waals surface area (Å²) in [5, 5.41) is 0.772. The molecule has 3 heteroatoms. The van der Waals surface area contributed by atoms with E-state index in [1.807, 2.05) is 19.9 Å². The van der Waals surface area contributed by atoms with Gasteiger partial charge in [0.1, 0.15) is 11.6 Å². The molecule has 0 N–H and O–H groups in total. The number of benzene rings is 1. The van der Waals surface area contributed by atoms with Gasteiger partial charge in [-0.3, -0.25) is 9.78 Å². The number of halogens is 1. The number of hydrogen-bond donors (Lipinski definition) is 0. The Morgan fingerprint density at radius 3 is 2.68 bits per heavy atom. The van der Waals surface area contributed by atoms with E-state index < -0.39 is 5.41 Å². The Kier molecular flexibility index (Phi) is 2.66. The summed E-state index contributed by atoms with van der Waals surface area (Å²) >= 11 is 0. The van der Waals surface area contributed by atoms with E-state index in [1.165, 1.54) is 6.07 Å². The lowest BCUT2D eigenvalue weighted by Gasteiger charge is -2.19. The van der Waals surface area contributed by atoms with Crippen LogP contribution in [0.1, 0.15) is 32.3 Å². The van der Waals surface area contributed by atoms with Crippen molar-refractivity contribution in [3.05, 3.63) is 41.8 Å². The van der Waals surface area contributed by atoms with Crippen molar-refractivity contribution in [1.82, 2.24) is 4.98 Å². The second-order valence-electron chi connectivity index (χ2n) is 5.59. The first-order valence-electron chi connectivity index (χ1n) is 6.64. The van der Waals surface area contributed by atoms with Crippen LogP contribution in [0.15, 0.2) is 30.5 Å². The van der Waals surface area contributed by atoms with E-state index in [0.717, 1.165) is 23.7 Å². The van der Waals surface area contributed by atoms with E-state index in [0.29, 0.717) is 5.56 Å². The van der Waals surface area contributed by atoms with Crippen molar-refractivity contribution < 1.29 is 9.18 Å². The summed E-state index contributed by atoms with van der Waals surface area (Å²) in [6.07, 6.45) is 3.18. The van der Waals surface area contributed by atoms with E-state index in [9.17, 15) is 9.18 Å². The fraction of sp³-hybridized carbons (Fsp3) is 0.375. The Hall–Kier alpha value is -1.77. The predicted molar refractivity (Wildman–Crippen MR) is 72.5 cm³/mol. The molecule has 3 rings (SSSR count). The van der Waals surface area contributed by atoms with Crippen LogP contribution in [0.2, 0.25) is 0 Å². The van der Waals surface area contributed by atoms with Gasteiger partial charge in [-0.2, -0.15) is 0 Å². The maximum atomic E-state index is 14.3. The monoisotopic (exact) mass is 257 g/mol. The maximum Gasteiger partial charge on any atom is 0.146 e. The minimum atomic E-state index is -0.610. The molecule has 2 aromatic rings. The van der Waals surface area contributed by atoms with Gasteiger partial charge in [0.05, 0.1) is 10.9 Å². The molecule has 0 unspecified atom stereocenters. The minimum Gasteiger partial charge on any atom is -0.298 e. The molecule has 0 atom stereocenters. The number of carbonyl (C=O) groups excluding carboxylic acids is 1. The molecule has 0 aliphatic heterocycles. The van der Waals surface area contributed by atoms with Gasteiger partial charge in [0.25, 0.3) is 0 Å². The zero-order valence-corrected chi connectivity index (χ0v) is 11.1. The highest BCUT2D eigenvalue weighted by atomic mass is 19.1. The predicted octanol–water partition coefficient (Wildman–Crippen LogP) is 3.63. The molecule has 1 aromatic carbocycles. The van der Waals surface area contributed by atoms with Gasteiger partial charge in [0.2, 0.25) is 0 Å². The first kappa shape index (κ1) is 12.3. The SMILES string of the molecule is CC(C)C(=O)C1(c2c(F)ccc3ncccc23)CC1. The molecule has 1 aromatic heterocycles. The number of carbonyl (C=O) groups is 1. The van der Waals surface area contributed by atoms with Crippen LogP contribution in [0, 0.1) is 11.7 Å². The first-order valence-corrected chi connectivity index (χ1v) is 6.64. The minimum absolute atomic E-state index is 0.0752. The van der Waals surface area contributed by atoms with E-state index in [-0.39, 0.29) is 17.5 Å². The largest absolute Gasteiger partial charge is 0.298 e. The van der Waals surface area contributed by atoms with Crippen molar-refractivity contribution >= 4 is 16.7 Å². The molecule has 1 fully saturated rings. The lowest BCUT2D eigenvalue weighted by molar-refractivity contribution is -0.124. The summed E-state index contributed by atoms with van der Waals surface area (Å²) < 4.78 is 14.3. The molecule has 0 amide bonds. The maximum absolute atomic E-state index is 14.3. The van der Waals surface area contributed by atoms with Gasteiger partial charge in [-0.15, -0.1) is 0 Å². The van der Waals surface area contributed by atoms with Gasteiger partial charge in [0.15, 0.2) is 0 Å². The van der Waals surface area contributed by atoms with Gasteiger partial charge in [-0.25, -0.2) is 4.39 Å². The summed E-state index contributed by atoms with van der Waals surface area (Å²) in [5.74, 6) is -0.219. The van der Waals surface area contributed by atoms with Crippen LogP contribution in [0.3, 0.4) is 0 Å². The Morgan fingerprint density at radius 2 is 2.05 bits per heavy atom. The van der Waals surface area contributed by atoms with Crippen LogP contribution in [-0.2, 0) is 10.2 Å². The van der Waals surface area contributed by atoms with Gasteiger partial charge in [-0.1, -0.05) is 19.9 Å². The number of nitrogens with zero attached hydrogens (tertiary/aromatic N) is 1. The molecule has 0 saturated heterocycles. The summed E-state index contributed by atoms with van der Waals surface area (Å²) in [4.78, 5) is 16.7. The molecule has 1 aliphatic carbocycles. The zero-order chi connectivity index (χ0) is 13.6. The molecule has 1 saturated carbocycles. The van der Waals surface area contributed by atoms with Crippen LogP contribution >= 0.6 is 0 Å². The summed E-state index contributed by atoms with van der Waals surface area (Å²) in [5.41, 5.74) is 0.694. The Balaban J connectivity index is 2.26. The number of pyridine rings is 1. The van der Waals surface area contributed by atoms with Gasteiger partial charge in [-0.05, 0) is 31.0 Å². The number of Topliss-reactive ketones (excluding diaryl/α,β-unsaturated/α-hetero) is 1. The lowest BCUT2D eigenvalue weighted by atomic mass is 9.83. The van der Waals surface area contributed by atoms with Gasteiger partial charge < -0.3 is 0 Å². The number of aromatic nitrogens is 1. The van der Waals surface area contributed by atoms with E-state index in [2.05, 4.69) is 4.98 Å². The van der Waals surface area contributed by atoms with E-state index >= 15 is 0 Å². The second-order valence-corrected chi connectivity index (χ2v) is 5.59. The molecule has 98 valence electrons. The molecule has 0 spiro atoms. The van der Waals surface area contributed by atoms with Crippen molar-refractivity contribution in [2.75, 3.05) is 0 Å². The summed E-state index contributed by atoms with van der Waals surface area (Å²) in [6.45, 7) is 3.76. The average Bonchev–Trinajstić information content (AvgIpc) is 3.19. The third-order valence-electron chi connectivity index (χ3n) is 3.96. The zero-order valence-electron chi connectivity index (χ0n) is 11.1. The molecular formula is C16H16FNO. The Bertz CT molecular complexity index is 659. The van der Waals surface area contributed by atoms with E-state index in [1.54, 1.807) is 18.3 Å². The van der Waals surface area contributed by atoms with Crippen molar-refractivity contribution in [1.29, 1.82) is 0 Å². The smallest absolute Gasteiger partial charge is 0.146 e. The molecule has 19 heavy (non-hydrogen) atoms. The normalized spacial score (nSPS) is 16.8. The Morgan fingerprint density at radius 1 is 1.32 bits per heavy atom. The van der Waals surface area contributed by atoms with Crippen LogP contribution in [-0.4, -0.2) is 10.8 Å². The first-order chi connectivity index (χ1) is 9.06. The average molecular weight is 257 g/mol. The van der Waals surface area contributed by atoms with Crippen LogP contribution < -0.4 is 0 Å². The summed E-state index contributed by atoms with van der Waals surface area (Å²) in [7, 11) is 0. The topological polar surface area (TPSA) is 30.0 Å². The van der Waals surface area contributed by atoms with E-state index in [4.69, 9.17) is 0 Å². The third kappa shape index (κ3) is 1.76. The van der Waals surface area contributed by atoms with Gasteiger partial charge >= 0.3 is 0 Å².